The molecule has 1 aliphatic heterocycles. The van der Waals surface area contributed by atoms with Crippen molar-refractivity contribution in [3.63, 3.8) is 0 Å². The fraction of sp³-hybridized carbons (Fsp3) is 0.778. The number of rotatable bonds is 1. The predicted molar refractivity (Wildman–Crippen MR) is 49.1 cm³/mol. The van der Waals surface area contributed by atoms with Gasteiger partial charge in [0.2, 0.25) is 11.8 Å². The van der Waals surface area contributed by atoms with E-state index in [0.29, 0.717) is 19.5 Å². The number of hydrogen-bond donors (Lipinski definition) is 1. The van der Waals surface area contributed by atoms with E-state index in [1.54, 1.807) is 11.8 Å². The van der Waals surface area contributed by atoms with Gasteiger partial charge >= 0.3 is 0 Å². The molecule has 13 heavy (non-hydrogen) atoms. The summed E-state index contributed by atoms with van der Waals surface area (Å²) in [5.41, 5.74) is 0. The Kier molecular flexibility index (Phi) is 3.28. The minimum absolute atomic E-state index is 0.0423. The quantitative estimate of drug-likeness (QED) is 0.630. The normalized spacial score (nSPS) is 23.7. The number of hydrogen-bond acceptors (Lipinski definition) is 2. The monoisotopic (exact) mass is 184 g/mol. The molecule has 0 aromatic rings. The summed E-state index contributed by atoms with van der Waals surface area (Å²) < 4.78 is 0. The lowest BCUT2D eigenvalue weighted by molar-refractivity contribution is -0.138. The summed E-state index contributed by atoms with van der Waals surface area (Å²) in [5, 5.41) is 2.77. The molecule has 0 radical (unpaired) electrons. The van der Waals surface area contributed by atoms with Gasteiger partial charge in [0.15, 0.2) is 0 Å². The fourth-order valence-electron chi connectivity index (χ4n) is 1.49. The van der Waals surface area contributed by atoms with Crippen LogP contribution < -0.4 is 5.32 Å². The second-order valence-corrected chi connectivity index (χ2v) is 3.26. The number of carbonyl (C=O) groups excluding carboxylic acids is 2. The van der Waals surface area contributed by atoms with Gasteiger partial charge in [-0.1, -0.05) is 6.92 Å². The summed E-state index contributed by atoms with van der Waals surface area (Å²) in [7, 11) is 0. The summed E-state index contributed by atoms with van der Waals surface area (Å²) in [6.45, 7) is 4.95. The molecule has 4 heteroatoms. The van der Waals surface area contributed by atoms with Crippen LogP contribution in [-0.4, -0.2) is 35.8 Å². The van der Waals surface area contributed by atoms with Gasteiger partial charge in [0.25, 0.3) is 0 Å². The van der Waals surface area contributed by atoms with Crippen molar-refractivity contribution in [2.75, 3.05) is 13.1 Å². The molecule has 1 rings (SSSR count). The van der Waals surface area contributed by atoms with Crippen LogP contribution in [0.15, 0.2) is 0 Å². The van der Waals surface area contributed by atoms with Crippen molar-refractivity contribution >= 4 is 11.8 Å². The van der Waals surface area contributed by atoms with Crippen molar-refractivity contribution in [2.24, 2.45) is 0 Å². The minimum atomic E-state index is -0.310. The zero-order chi connectivity index (χ0) is 9.84. The molecule has 1 N–H and O–H groups in total. The van der Waals surface area contributed by atoms with Gasteiger partial charge in [0.05, 0.1) is 0 Å². The Balaban J connectivity index is 2.69. The number of amides is 2. The lowest BCUT2D eigenvalue weighted by Crippen LogP contribution is -2.44. The van der Waals surface area contributed by atoms with E-state index in [2.05, 4.69) is 5.32 Å². The molecule has 0 aromatic heterocycles. The maximum absolute atomic E-state index is 11.4. The average molecular weight is 184 g/mol. The molecule has 74 valence electrons. The smallest absolute Gasteiger partial charge is 0.242 e. The molecule has 1 unspecified atom stereocenters. The van der Waals surface area contributed by atoms with Crippen LogP contribution in [0.2, 0.25) is 0 Å². The zero-order valence-corrected chi connectivity index (χ0v) is 8.17. The van der Waals surface area contributed by atoms with Crippen LogP contribution in [0.25, 0.3) is 0 Å². The molecule has 1 saturated heterocycles. The first-order valence-corrected chi connectivity index (χ1v) is 4.74. The van der Waals surface area contributed by atoms with E-state index in [-0.39, 0.29) is 17.9 Å². The summed E-state index contributed by atoms with van der Waals surface area (Å²) in [4.78, 5) is 24.4. The van der Waals surface area contributed by atoms with Crippen LogP contribution in [-0.2, 0) is 9.59 Å². The Labute approximate surface area is 78.3 Å². The number of carbonyl (C=O) groups is 2. The number of nitrogens with one attached hydrogen (secondary N) is 1. The van der Waals surface area contributed by atoms with Gasteiger partial charge < -0.3 is 10.2 Å². The first-order valence-electron chi connectivity index (χ1n) is 4.74. The molecule has 4 nitrogen and oxygen atoms in total. The van der Waals surface area contributed by atoms with E-state index >= 15 is 0 Å². The van der Waals surface area contributed by atoms with E-state index < -0.39 is 0 Å². The summed E-state index contributed by atoms with van der Waals surface area (Å²) in [6.07, 6.45) is 1.32. The Bertz CT molecular complexity index is 216. The van der Waals surface area contributed by atoms with Gasteiger partial charge in [0.1, 0.15) is 6.04 Å². The SMILES string of the molecule is CCC(=O)N1CCCNC(=O)C1C. The highest BCUT2D eigenvalue weighted by molar-refractivity contribution is 5.87. The molecule has 0 aliphatic carbocycles. The van der Waals surface area contributed by atoms with Crippen LogP contribution in [0.5, 0.6) is 0 Å². The molecule has 1 atom stereocenters. The van der Waals surface area contributed by atoms with E-state index in [9.17, 15) is 9.59 Å². The molecule has 0 bridgehead atoms. The number of nitrogens with zero attached hydrogens (tertiary/aromatic N) is 1. The summed E-state index contributed by atoms with van der Waals surface area (Å²) in [6, 6.07) is -0.310. The van der Waals surface area contributed by atoms with E-state index in [4.69, 9.17) is 0 Å². The average Bonchev–Trinajstić information content (AvgIpc) is 2.29. The van der Waals surface area contributed by atoms with Crippen molar-refractivity contribution < 1.29 is 9.59 Å². The highest BCUT2D eigenvalue weighted by Gasteiger charge is 2.26. The van der Waals surface area contributed by atoms with Gasteiger partial charge in [-0.3, -0.25) is 9.59 Å². The summed E-state index contributed by atoms with van der Waals surface area (Å²) in [5.74, 6) is 0.0175. The highest BCUT2D eigenvalue weighted by Crippen LogP contribution is 2.06. The molecular formula is C9H16N2O2. The second-order valence-electron chi connectivity index (χ2n) is 3.26. The molecule has 0 spiro atoms. The van der Waals surface area contributed by atoms with Crippen LogP contribution in [0.1, 0.15) is 26.7 Å². The lowest BCUT2D eigenvalue weighted by Gasteiger charge is -2.24. The molecule has 2 amide bonds. The highest BCUT2D eigenvalue weighted by atomic mass is 16.2. The lowest BCUT2D eigenvalue weighted by atomic mass is 10.2. The molecular weight excluding hydrogens is 168 g/mol. The van der Waals surface area contributed by atoms with Gasteiger partial charge in [0, 0.05) is 19.5 Å². The molecule has 1 heterocycles. The molecule has 1 fully saturated rings. The van der Waals surface area contributed by atoms with Crippen molar-refractivity contribution in [1.29, 1.82) is 0 Å². The Morgan fingerprint density at radius 2 is 2.38 bits per heavy atom. The first-order chi connectivity index (χ1) is 6.16. The van der Waals surface area contributed by atoms with Gasteiger partial charge in [-0.15, -0.1) is 0 Å². The molecule has 1 aliphatic rings. The largest absolute Gasteiger partial charge is 0.354 e. The molecule has 0 aromatic carbocycles. The van der Waals surface area contributed by atoms with Crippen LogP contribution >= 0.6 is 0 Å². The minimum Gasteiger partial charge on any atom is -0.354 e. The van der Waals surface area contributed by atoms with Crippen LogP contribution in [0.3, 0.4) is 0 Å². The fourth-order valence-corrected chi connectivity index (χ4v) is 1.49. The second kappa shape index (κ2) is 4.25. The van der Waals surface area contributed by atoms with E-state index in [1.807, 2.05) is 6.92 Å². The maximum Gasteiger partial charge on any atom is 0.242 e. The first kappa shape index (κ1) is 10.0. The third-order valence-electron chi connectivity index (χ3n) is 2.34. The topological polar surface area (TPSA) is 49.4 Å². The Morgan fingerprint density at radius 1 is 1.69 bits per heavy atom. The van der Waals surface area contributed by atoms with Gasteiger partial charge in [-0.05, 0) is 13.3 Å². The molecule has 0 saturated carbocycles. The predicted octanol–water partition coefficient (Wildman–Crippen LogP) is 0.133. The van der Waals surface area contributed by atoms with Crippen molar-refractivity contribution in [3.8, 4) is 0 Å². The standard InChI is InChI=1S/C9H16N2O2/c1-3-8(12)11-6-4-5-10-9(13)7(11)2/h7H,3-6H2,1-2H3,(H,10,13). The van der Waals surface area contributed by atoms with Gasteiger partial charge in [-0.25, -0.2) is 0 Å². The van der Waals surface area contributed by atoms with Crippen LogP contribution in [0, 0.1) is 0 Å². The van der Waals surface area contributed by atoms with Crippen molar-refractivity contribution in [1.82, 2.24) is 10.2 Å². The third-order valence-corrected chi connectivity index (χ3v) is 2.34. The zero-order valence-electron chi connectivity index (χ0n) is 8.17. The van der Waals surface area contributed by atoms with Crippen molar-refractivity contribution in [3.05, 3.63) is 0 Å². The van der Waals surface area contributed by atoms with Gasteiger partial charge in [-0.2, -0.15) is 0 Å². The third kappa shape index (κ3) is 2.20. The van der Waals surface area contributed by atoms with Crippen LogP contribution in [0.4, 0.5) is 0 Å². The summed E-state index contributed by atoms with van der Waals surface area (Å²) >= 11 is 0. The van der Waals surface area contributed by atoms with E-state index in [1.165, 1.54) is 0 Å². The Morgan fingerprint density at radius 3 is 3.00 bits per heavy atom. The maximum atomic E-state index is 11.4. The Hall–Kier alpha value is -1.06. The van der Waals surface area contributed by atoms with Crippen molar-refractivity contribution in [2.45, 2.75) is 32.7 Å². The van der Waals surface area contributed by atoms with E-state index in [0.717, 1.165) is 6.42 Å².